The maximum Gasteiger partial charge on any atom is -0.00525 e. The van der Waals surface area contributed by atoms with Crippen LogP contribution in [0.5, 0.6) is 0 Å². The van der Waals surface area contributed by atoms with Gasteiger partial charge in [0, 0.05) is 0 Å². The molecule has 0 saturated heterocycles. The molecule has 0 bridgehead atoms. The SMILES string of the molecule is CC.CI.Cc1ccc(C2=C(c3cccc(C4CC4)c3)C3C(C)C3C=C2)cc1C. The zero-order valence-corrected chi connectivity index (χ0v) is 21.0. The molecule has 3 aliphatic carbocycles. The molecule has 154 valence electrons. The minimum Gasteiger partial charge on any atom is -0.0901 e. The number of aryl methyl sites for hydroxylation is 2. The summed E-state index contributed by atoms with van der Waals surface area (Å²) in [5.74, 6) is 3.04. The Bertz CT molecular complexity index is 914. The number of hydrogen-bond donors (Lipinski definition) is 0. The van der Waals surface area contributed by atoms with Crippen molar-refractivity contribution in [3.8, 4) is 0 Å². The second-order valence-electron chi connectivity index (χ2n) is 8.35. The molecule has 29 heavy (non-hydrogen) atoms. The van der Waals surface area contributed by atoms with Gasteiger partial charge >= 0.3 is 0 Å². The third-order valence-corrected chi connectivity index (χ3v) is 6.62. The second-order valence-corrected chi connectivity index (χ2v) is 8.35. The smallest absolute Gasteiger partial charge is 0.00525 e. The average Bonchev–Trinajstić information content (AvgIpc) is 3.70. The molecule has 3 atom stereocenters. The molecule has 0 amide bonds. The molecule has 0 aromatic heterocycles. The summed E-state index contributed by atoms with van der Waals surface area (Å²) in [5, 5.41) is 0. The highest BCUT2D eigenvalue weighted by Gasteiger charge is 2.49. The Balaban J connectivity index is 0.000000568. The third-order valence-electron chi connectivity index (χ3n) is 6.62. The second kappa shape index (κ2) is 9.64. The molecule has 5 rings (SSSR count). The van der Waals surface area contributed by atoms with Crippen LogP contribution in [-0.4, -0.2) is 4.93 Å². The van der Waals surface area contributed by atoms with E-state index in [1.807, 2.05) is 18.8 Å². The fourth-order valence-corrected chi connectivity index (χ4v) is 4.61. The van der Waals surface area contributed by atoms with Gasteiger partial charge in [0.1, 0.15) is 0 Å². The third kappa shape index (κ3) is 4.55. The molecule has 3 unspecified atom stereocenters. The molecule has 0 nitrogen and oxygen atoms in total. The topological polar surface area (TPSA) is 0 Å². The summed E-state index contributed by atoms with van der Waals surface area (Å²) in [6.45, 7) is 10.8. The number of allylic oxidation sites excluding steroid dienone is 4. The van der Waals surface area contributed by atoms with Gasteiger partial charge in [-0.05, 0) is 94.3 Å². The van der Waals surface area contributed by atoms with Crippen molar-refractivity contribution in [1.82, 2.24) is 0 Å². The summed E-state index contributed by atoms with van der Waals surface area (Å²) in [6, 6.07) is 16.4. The van der Waals surface area contributed by atoms with E-state index >= 15 is 0 Å². The van der Waals surface area contributed by atoms with Crippen LogP contribution in [0.2, 0.25) is 0 Å². The van der Waals surface area contributed by atoms with E-state index in [0.29, 0.717) is 5.92 Å². The van der Waals surface area contributed by atoms with E-state index in [0.717, 1.165) is 17.8 Å². The number of alkyl halides is 1. The molecule has 0 radical (unpaired) electrons. The zero-order chi connectivity index (χ0) is 21.1. The van der Waals surface area contributed by atoms with E-state index in [-0.39, 0.29) is 0 Å². The average molecular weight is 498 g/mol. The lowest BCUT2D eigenvalue weighted by Crippen LogP contribution is -2.00. The van der Waals surface area contributed by atoms with Crippen LogP contribution in [0.25, 0.3) is 11.1 Å². The van der Waals surface area contributed by atoms with Crippen molar-refractivity contribution >= 4 is 33.7 Å². The Kier molecular flexibility index (Phi) is 7.42. The van der Waals surface area contributed by atoms with Crippen LogP contribution in [0.15, 0.2) is 54.6 Å². The number of rotatable bonds is 3. The predicted molar refractivity (Wildman–Crippen MR) is 138 cm³/mol. The molecule has 0 spiro atoms. The van der Waals surface area contributed by atoms with Crippen LogP contribution < -0.4 is 0 Å². The van der Waals surface area contributed by atoms with Gasteiger partial charge in [-0.2, -0.15) is 0 Å². The fourth-order valence-electron chi connectivity index (χ4n) is 4.61. The van der Waals surface area contributed by atoms with Crippen molar-refractivity contribution < 1.29 is 0 Å². The zero-order valence-electron chi connectivity index (χ0n) is 18.8. The van der Waals surface area contributed by atoms with E-state index in [4.69, 9.17) is 0 Å². The molecular formula is C28H35I. The summed E-state index contributed by atoms with van der Waals surface area (Å²) in [7, 11) is 0. The first-order chi connectivity index (χ1) is 14.1. The molecule has 2 aromatic carbocycles. The van der Waals surface area contributed by atoms with Crippen LogP contribution in [0.1, 0.15) is 67.3 Å². The van der Waals surface area contributed by atoms with Crippen molar-refractivity contribution in [3.63, 3.8) is 0 Å². The summed E-state index contributed by atoms with van der Waals surface area (Å²) in [5.41, 5.74) is 10.2. The van der Waals surface area contributed by atoms with Crippen LogP contribution in [0, 0.1) is 31.6 Å². The summed E-state index contributed by atoms with van der Waals surface area (Å²) >= 11 is 2.15. The van der Waals surface area contributed by atoms with Crippen molar-refractivity contribution in [3.05, 3.63) is 82.4 Å². The minimum atomic E-state index is 0.705. The highest BCUT2D eigenvalue weighted by atomic mass is 127. The van der Waals surface area contributed by atoms with Gasteiger partial charge in [0.05, 0.1) is 0 Å². The predicted octanol–water partition coefficient (Wildman–Crippen LogP) is 8.62. The van der Waals surface area contributed by atoms with Crippen LogP contribution in [-0.2, 0) is 0 Å². The molecule has 0 N–H and O–H groups in total. The van der Waals surface area contributed by atoms with Gasteiger partial charge in [-0.15, -0.1) is 0 Å². The lowest BCUT2D eigenvalue weighted by atomic mass is 9.86. The molecule has 1 heteroatoms. The first-order valence-electron chi connectivity index (χ1n) is 11.1. The lowest BCUT2D eigenvalue weighted by Gasteiger charge is -2.18. The highest BCUT2D eigenvalue weighted by molar-refractivity contribution is 14.1. The molecule has 2 aromatic rings. The Morgan fingerprint density at radius 2 is 1.59 bits per heavy atom. The van der Waals surface area contributed by atoms with E-state index < -0.39 is 0 Å². The number of fused-ring (bicyclic) bond motifs is 1. The lowest BCUT2D eigenvalue weighted by molar-refractivity contribution is 0.889. The molecule has 2 saturated carbocycles. The molecule has 3 aliphatic rings. The Morgan fingerprint density at radius 3 is 2.24 bits per heavy atom. The van der Waals surface area contributed by atoms with E-state index in [1.165, 1.54) is 40.7 Å². The highest BCUT2D eigenvalue weighted by Crippen LogP contribution is 2.59. The number of halogens is 1. The Hall–Kier alpha value is -1.35. The van der Waals surface area contributed by atoms with Gasteiger partial charge in [0.15, 0.2) is 0 Å². The number of hydrogen-bond acceptors (Lipinski definition) is 0. The van der Waals surface area contributed by atoms with E-state index in [1.54, 1.807) is 11.1 Å². The standard InChI is InChI=1S/C25H26.C2H6.CH3I/c1-15-7-8-20(13-16(15)2)23-12-11-22-17(3)24(22)25(23)21-6-4-5-19(14-21)18-9-10-18;2*1-2/h4-8,11-14,17-18,22,24H,9-10H2,1-3H3;1-2H3;1H3. The van der Waals surface area contributed by atoms with Crippen molar-refractivity contribution in [2.24, 2.45) is 17.8 Å². The Morgan fingerprint density at radius 1 is 0.862 bits per heavy atom. The van der Waals surface area contributed by atoms with Crippen LogP contribution in [0.4, 0.5) is 0 Å². The van der Waals surface area contributed by atoms with Crippen molar-refractivity contribution in [1.29, 1.82) is 0 Å². The molecule has 2 fully saturated rings. The van der Waals surface area contributed by atoms with E-state index in [2.05, 4.69) is 98.0 Å². The first-order valence-corrected chi connectivity index (χ1v) is 13.3. The van der Waals surface area contributed by atoms with Crippen molar-refractivity contribution in [2.45, 2.75) is 53.4 Å². The number of benzene rings is 2. The summed E-state index contributed by atoms with van der Waals surface area (Å²) in [4.78, 5) is 1.97. The monoisotopic (exact) mass is 498 g/mol. The summed E-state index contributed by atoms with van der Waals surface area (Å²) < 4.78 is 0. The van der Waals surface area contributed by atoms with Gasteiger partial charge in [0.2, 0.25) is 0 Å². The van der Waals surface area contributed by atoms with E-state index in [9.17, 15) is 0 Å². The maximum atomic E-state index is 2.48. The first kappa shape index (κ1) is 22.3. The maximum absolute atomic E-state index is 2.48. The van der Waals surface area contributed by atoms with Gasteiger partial charge in [-0.1, -0.05) is 98.0 Å². The summed E-state index contributed by atoms with van der Waals surface area (Å²) in [6.07, 6.45) is 7.59. The van der Waals surface area contributed by atoms with Gasteiger partial charge in [-0.3, -0.25) is 0 Å². The molecule has 0 heterocycles. The van der Waals surface area contributed by atoms with Crippen molar-refractivity contribution in [2.75, 3.05) is 4.93 Å². The van der Waals surface area contributed by atoms with Crippen LogP contribution >= 0.6 is 22.6 Å². The molecule has 0 aliphatic heterocycles. The van der Waals surface area contributed by atoms with Crippen LogP contribution in [0.3, 0.4) is 0 Å². The van der Waals surface area contributed by atoms with Gasteiger partial charge in [0.25, 0.3) is 0 Å². The molecular weight excluding hydrogens is 463 g/mol. The van der Waals surface area contributed by atoms with Gasteiger partial charge < -0.3 is 0 Å². The fraction of sp³-hybridized carbons (Fsp3) is 0.429. The quantitative estimate of drug-likeness (QED) is 0.294. The van der Waals surface area contributed by atoms with Gasteiger partial charge in [-0.25, -0.2) is 0 Å². The largest absolute Gasteiger partial charge is 0.0901 e. The normalized spacial score (nSPS) is 24.0. The minimum absolute atomic E-state index is 0.705. The Labute approximate surface area is 191 Å².